The van der Waals surface area contributed by atoms with Gasteiger partial charge in [0, 0.05) is 0 Å². The summed E-state index contributed by atoms with van der Waals surface area (Å²) in [5.41, 5.74) is 2.99. The van der Waals surface area contributed by atoms with Crippen LogP contribution < -0.4 is 5.32 Å². The molecule has 0 spiro atoms. The van der Waals surface area contributed by atoms with Gasteiger partial charge < -0.3 is 10.1 Å². The Bertz CT molecular complexity index is 797. The smallest absolute Gasteiger partial charge is 0.340 e. The molecule has 0 saturated heterocycles. The third-order valence-electron chi connectivity index (χ3n) is 3.26. The minimum absolute atomic E-state index is 0.339. The van der Waals surface area contributed by atoms with Crippen molar-refractivity contribution < 1.29 is 9.53 Å². The summed E-state index contributed by atoms with van der Waals surface area (Å²) in [6, 6.07) is 15.0. The first kappa shape index (κ1) is 14.1. The van der Waals surface area contributed by atoms with Gasteiger partial charge in [0.15, 0.2) is 0 Å². The van der Waals surface area contributed by atoms with Crippen LogP contribution in [0.1, 0.15) is 17.3 Å². The van der Waals surface area contributed by atoms with Gasteiger partial charge in [-0.05, 0) is 31.2 Å². The second kappa shape index (κ2) is 6.26. The fourth-order valence-electron chi connectivity index (χ4n) is 2.22. The third kappa shape index (κ3) is 2.76. The first-order chi connectivity index (χ1) is 10.8. The number of nitrogens with zero attached hydrogens (tertiary/aromatic N) is 3. The van der Waals surface area contributed by atoms with Crippen LogP contribution in [0, 0.1) is 0 Å². The molecule has 0 fully saturated rings. The maximum absolute atomic E-state index is 11.9. The molecule has 1 heterocycles. The van der Waals surface area contributed by atoms with Crippen molar-refractivity contribution in [1.82, 2.24) is 15.0 Å². The Labute approximate surface area is 127 Å². The van der Waals surface area contributed by atoms with Gasteiger partial charge in [-0.25, -0.2) is 9.48 Å². The number of benzene rings is 2. The Morgan fingerprint density at radius 2 is 1.95 bits per heavy atom. The molecule has 6 heteroatoms. The molecule has 112 valence electrons. The summed E-state index contributed by atoms with van der Waals surface area (Å²) >= 11 is 0. The average molecular weight is 296 g/mol. The summed E-state index contributed by atoms with van der Waals surface area (Å²) in [6.07, 6.45) is 0. The molecule has 3 rings (SSSR count). The van der Waals surface area contributed by atoms with Crippen molar-refractivity contribution in [3.63, 3.8) is 0 Å². The van der Waals surface area contributed by atoms with E-state index in [1.165, 1.54) is 0 Å². The molecule has 0 amide bonds. The van der Waals surface area contributed by atoms with Crippen molar-refractivity contribution in [2.45, 2.75) is 13.6 Å². The van der Waals surface area contributed by atoms with E-state index in [-0.39, 0.29) is 5.97 Å². The number of hydrogen-bond donors (Lipinski definition) is 1. The zero-order chi connectivity index (χ0) is 15.4. The highest BCUT2D eigenvalue weighted by molar-refractivity contribution is 5.95. The first-order valence-corrected chi connectivity index (χ1v) is 7.08. The quantitative estimate of drug-likeness (QED) is 0.733. The van der Waals surface area contributed by atoms with Crippen molar-refractivity contribution in [2.75, 3.05) is 11.9 Å². The van der Waals surface area contributed by atoms with Crippen LogP contribution in [0.4, 0.5) is 5.69 Å². The van der Waals surface area contributed by atoms with E-state index < -0.39 is 0 Å². The summed E-state index contributed by atoms with van der Waals surface area (Å²) in [4.78, 5) is 11.9. The molecule has 1 N–H and O–H groups in total. The van der Waals surface area contributed by atoms with E-state index in [0.717, 1.165) is 11.0 Å². The summed E-state index contributed by atoms with van der Waals surface area (Å²) in [5, 5.41) is 11.4. The van der Waals surface area contributed by atoms with Gasteiger partial charge in [-0.3, -0.25) is 0 Å². The van der Waals surface area contributed by atoms with E-state index in [1.54, 1.807) is 17.7 Å². The molecule has 2 aromatic carbocycles. The number of ether oxygens (including phenoxy) is 1. The lowest BCUT2D eigenvalue weighted by atomic mass is 10.2. The Hall–Kier alpha value is -2.89. The van der Waals surface area contributed by atoms with Crippen molar-refractivity contribution in [1.29, 1.82) is 0 Å². The lowest BCUT2D eigenvalue weighted by molar-refractivity contribution is 0.0527. The number of nitrogens with one attached hydrogen (secondary N) is 1. The molecule has 0 radical (unpaired) electrons. The molecule has 3 aromatic rings. The van der Waals surface area contributed by atoms with Gasteiger partial charge in [0.1, 0.15) is 12.2 Å². The summed E-state index contributed by atoms with van der Waals surface area (Å²) in [6.45, 7) is 2.55. The van der Waals surface area contributed by atoms with Crippen molar-refractivity contribution in [3.8, 4) is 0 Å². The topological polar surface area (TPSA) is 69.0 Å². The van der Waals surface area contributed by atoms with Crippen molar-refractivity contribution >= 4 is 22.7 Å². The third-order valence-corrected chi connectivity index (χ3v) is 3.26. The van der Waals surface area contributed by atoms with Gasteiger partial charge in [0.2, 0.25) is 0 Å². The first-order valence-electron chi connectivity index (χ1n) is 7.08. The zero-order valence-corrected chi connectivity index (χ0v) is 12.2. The van der Waals surface area contributed by atoms with Gasteiger partial charge >= 0.3 is 5.97 Å². The van der Waals surface area contributed by atoms with E-state index in [2.05, 4.69) is 15.6 Å². The maximum atomic E-state index is 11.9. The Balaban J connectivity index is 1.81. The van der Waals surface area contributed by atoms with Gasteiger partial charge in [-0.1, -0.05) is 29.5 Å². The second-order valence-electron chi connectivity index (χ2n) is 4.68. The van der Waals surface area contributed by atoms with Crippen molar-refractivity contribution in [2.24, 2.45) is 0 Å². The number of esters is 1. The van der Waals surface area contributed by atoms with E-state index in [1.807, 2.05) is 42.5 Å². The van der Waals surface area contributed by atoms with Crippen LogP contribution in [0.2, 0.25) is 0 Å². The number of hydrogen-bond acceptors (Lipinski definition) is 5. The normalized spacial score (nSPS) is 10.6. The number of aromatic nitrogens is 3. The molecule has 0 bridgehead atoms. The van der Waals surface area contributed by atoms with Gasteiger partial charge in [-0.15, -0.1) is 5.10 Å². The summed E-state index contributed by atoms with van der Waals surface area (Å²) in [5.74, 6) is -0.339. The van der Waals surface area contributed by atoms with E-state index in [4.69, 9.17) is 4.74 Å². The Morgan fingerprint density at radius 1 is 1.18 bits per heavy atom. The van der Waals surface area contributed by atoms with E-state index in [0.29, 0.717) is 24.5 Å². The van der Waals surface area contributed by atoms with Crippen LogP contribution in [0.5, 0.6) is 0 Å². The molecule has 0 aliphatic carbocycles. The average Bonchev–Trinajstić information content (AvgIpc) is 2.97. The molecule has 0 atom stereocenters. The highest BCUT2D eigenvalue weighted by Gasteiger charge is 2.12. The standard InChI is InChI=1S/C16H16N4O2/c1-2-22-16(21)12-7-3-4-8-13(12)17-11-20-15-10-6-5-9-14(15)18-19-20/h3-10,17H,2,11H2,1H3. The minimum atomic E-state index is -0.339. The summed E-state index contributed by atoms with van der Waals surface area (Å²) in [7, 11) is 0. The predicted molar refractivity (Wildman–Crippen MR) is 83.5 cm³/mol. The van der Waals surface area contributed by atoms with Gasteiger partial charge in [-0.2, -0.15) is 0 Å². The van der Waals surface area contributed by atoms with Crippen LogP contribution in [-0.2, 0) is 11.4 Å². The fourth-order valence-corrected chi connectivity index (χ4v) is 2.22. The molecule has 1 aromatic heterocycles. The highest BCUT2D eigenvalue weighted by atomic mass is 16.5. The molecule has 0 aliphatic rings. The molecule has 0 unspecified atom stereocenters. The zero-order valence-electron chi connectivity index (χ0n) is 12.2. The number of fused-ring (bicyclic) bond motifs is 1. The number of anilines is 1. The van der Waals surface area contributed by atoms with Gasteiger partial charge in [0.05, 0.1) is 23.4 Å². The molecular weight excluding hydrogens is 280 g/mol. The largest absolute Gasteiger partial charge is 0.462 e. The van der Waals surface area contributed by atoms with Crippen LogP contribution in [0.3, 0.4) is 0 Å². The van der Waals surface area contributed by atoms with Gasteiger partial charge in [0.25, 0.3) is 0 Å². The van der Waals surface area contributed by atoms with Crippen LogP contribution >= 0.6 is 0 Å². The van der Waals surface area contributed by atoms with E-state index >= 15 is 0 Å². The molecule has 0 saturated carbocycles. The molecule has 6 nitrogen and oxygen atoms in total. The Kier molecular flexibility index (Phi) is 4.00. The van der Waals surface area contributed by atoms with Crippen LogP contribution in [0.25, 0.3) is 11.0 Å². The predicted octanol–water partition coefficient (Wildman–Crippen LogP) is 2.68. The second-order valence-corrected chi connectivity index (χ2v) is 4.68. The lowest BCUT2D eigenvalue weighted by Crippen LogP contribution is -2.13. The Morgan fingerprint density at radius 3 is 2.82 bits per heavy atom. The highest BCUT2D eigenvalue weighted by Crippen LogP contribution is 2.17. The summed E-state index contributed by atoms with van der Waals surface area (Å²) < 4.78 is 6.81. The number of carbonyl (C=O) groups is 1. The number of rotatable bonds is 5. The monoisotopic (exact) mass is 296 g/mol. The fraction of sp³-hybridized carbons (Fsp3) is 0.188. The van der Waals surface area contributed by atoms with Crippen LogP contribution in [0.15, 0.2) is 48.5 Å². The van der Waals surface area contributed by atoms with Crippen LogP contribution in [-0.4, -0.2) is 27.6 Å². The van der Waals surface area contributed by atoms with E-state index in [9.17, 15) is 4.79 Å². The molecule has 22 heavy (non-hydrogen) atoms. The SMILES string of the molecule is CCOC(=O)c1ccccc1NCn1nnc2ccccc21. The maximum Gasteiger partial charge on any atom is 0.340 e. The molecular formula is C16H16N4O2. The number of para-hydroxylation sites is 2. The lowest BCUT2D eigenvalue weighted by Gasteiger charge is -2.11. The minimum Gasteiger partial charge on any atom is -0.462 e. The number of carbonyl (C=O) groups excluding carboxylic acids is 1. The molecule has 0 aliphatic heterocycles. The van der Waals surface area contributed by atoms with Crippen molar-refractivity contribution in [3.05, 3.63) is 54.1 Å².